The first-order chi connectivity index (χ1) is 8.70. The van der Waals surface area contributed by atoms with Crippen LogP contribution in [0.25, 0.3) is 10.9 Å². The minimum absolute atomic E-state index is 0.0695. The first-order valence-corrected chi connectivity index (χ1v) is 6.19. The lowest BCUT2D eigenvalue weighted by Gasteiger charge is -2.14. The van der Waals surface area contributed by atoms with E-state index in [0.717, 1.165) is 11.9 Å². The molecule has 0 saturated carbocycles. The minimum Gasteiger partial charge on any atom is -0.361 e. The second kappa shape index (κ2) is 5.96. The maximum absolute atomic E-state index is 12.8. The summed E-state index contributed by atoms with van der Waals surface area (Å²) in [5.41, 5.74) is 2.30. The normalized spacial score (nSPS) is 14.8. The fraction of sp³-hybridized carbons (Fsp3) is 0.429. The number of fused-ring (bicyclic) bond motifs is 1. The van der Waals surface area contributed by atoms with Crippen LogP contribution in [0.4, 0.5) is 8.78 Å². The lowest BCUT2D eigenvalue weighted by atomic mass is 10.1. The third kappa shape index (κ3) is 3.07. The van der Waals surface area contributed by atoms with Gasteiger partial charge in [-0.25, -0.2) is 8.78 Å². The van der Waals surface area contributed by atoms with Gasteiger partial charge in [-0.2, -0.15) is 0 Å². The molecule has 2 aromatic rings. The van der Waals surface area contributed by atoms with Gasteiger partial charge in [0.15, 0.2) is 0 Å². The van der Waals surface area contributed by atoms with E-state index in [4.69, 9.17) is 0 Å². The second-order valence-corrected chi connectivity index (χ2v) is 4.62. The Labute approximate surface area is 105 Å². The summed E-state index contributed by atoms with van der Waals surface area (Å²) >= 11 is 0. The molecule has 1 heterocycles. The van der Waals surface area contributed by atoms with Gasteiger partial charge in [-0.15, -0.1) is 0 Å². The highest BCUT2D eigenvalue weighted by Crippen LogP contribution is 2.18. The Morgan fingerprint density at radius 3 is 2.89 bits per heavy atom. The molecule has 0 aliphatic heterocycles. The van der Waals surface area contributed by atoms with E-state index in [1.807, 2.05) is 31.3 Å². The maximum Gasteiger partial charge on any atom is 0.141 e. The lowest BCUT2D eigenvalue weighted by Crippen LogP contribution is -2.34. The van der Waals surface area contributed by atoms with Crippen molar-refractivity contribution in [2.45, 2.75) is 25.6 Å². The number of rotatable bonds is 6. The molecule has 0 spiro atoms. The Bertz CT molecular complexity index is 495. The molecule has 2 nitrogen and oxygen atoms in total. The third-order valence-corrected chi connectivity index (χ3v) is 3.06. The highest BCUT2D eigenvalue weighted by Gasteiger charge is 2.10. The molecule has 0 bridgehead atoms. The van der Waals surface area contributed by atoms with Gasteiger partial charge in [0.2, 0.25) is 0 Å². The average Bonchev–Trinajstić information content (AvgIpc) is 2.79. The van der Waals surface area contributed by atoms with Crippen LogP contribution in [-0.4, -0.2) is 30.4 Å². The first kappa shape index (κ1) is 13.0. The largest absolute Gasteiger partial charge is 0.361 e. The zero-order chi connectivity index (χ0) is 13.0. The fourth-order valence-electron chi connectivity index (χ4n) is 2.09. The summed E-state index contributed by atoms with van der Waals surface area (Å²) in [6.45, 7) is 1.12. The van der Waals surface area contributed by atoms with Crippen molar-refractivity contribution in [3.8, 4) is 0 Å². The number of benzene rings is 1. The van der Waals surface area contributed by atoms with Crippen molar-refractivity contribution in [1.82, 2.24) is 10.3 Å². The van der Waals surface area contributed by atoms with Gasteiger partial charge in [0.05, 0.1) is 0 Å². The van der Waals surface area contributed by atoms with Crippen molar-refractivity contribution >= 4 is 10.9 Å². The molecule has 18 heavy (non-hydrogen) atoms. The average molecular weight is 252 g/mol. The molecular weight excluding hydrogens is 234 g/mol. The molecule has 1 aromatic heterocycles. The van der Waals surface area contributed by atoms with Crippen LogP contribution in [0.2, 0.25) is 0 Å². The zero-order valence-corrected chi connectivity index (χ0v) is 10.4. The summed E-state index contributed by atoms with van der Waals surface area (Å²) in [6.07, 6.45) is 1.36. The van der Waals surface area contributed by atoms with Gasteiger partial charge < -0.3 is 10.3 Å². The Morgan fingerprint density at radius 1 is 1.33 bits per heavy atom. The van der Waals surface area contributed by atoms with Crippen molar-refractivity contribution < 1.29 is 8.78 Å². The maximum atomic E-state index is 12.8. The van der Waals surface area contributed by atoms with E-state index < -0.39 is 12.8 Å². The van der Waals surface area contributed by atoms with Gasteiger partial charge >= 0.3 is 0 Å². The van der Waals surface area contributed by atoms with Crippen LogP contribution in [0, 0.1) is 0 Å². The SMILES string of the molecule is CC(Cc1c[nH]c2ccccc12)NCC(F)CF. The molecule has 0 fully saturated rings. The molecule has 0 aliphatic rings. The summed E-state index contributed by atoms with van der Waals surface area (Å²) in [5, 5.41) is 4.20. The summed E-state index contributed by atoms with van der Waals surface area (Å²) < 4.78 is 24.8. The molecule has 2 unspecified atom stereocenters. The van der Waals surface area contributed by atoms with E-state index >= 15 is 0 Å². The number of hydrogen-bond acceptors (Lipinski definition) is 1. The highest BCUT2D eigenvalue weighted by atomic mass is 19.2. The van der Waals surface area contributed by atoms with Gasteiger partial charge in [-0.3, -0.25) is 0 Å². The predicted octanol–water partition coefficient (Wildman–Crippen LogP) is 3.00. The Hall–Kier alpha value is -1.42. The highest BCUT2D eigenvalue weighted by molar-refractivity contribution is 5.83. The van der Waals surface area contributed by atoms with Gasteiger partial charge in [0.25, 0.3) is 0 Å². The van der Waals surface area contributed by atoms with Gasteiger partial charge in [-0.1, -0.05) is 18.2 Å². The smallest absolute Gasteiger partial charge is 0.141 e. The molecular formula is C14H18F2N2. The number of aromatic amines is 1. The number of hydrogen-bond donors (Lipinski definition) is 2. The molecule has 98 valence electrons. The minimum atomic E-state index is -1.41. The number of halogens is 2. The molecule has 2 N–H and O–H groups in total. The monoisotopic (exact) mass is 252 g/mol. The zero-order valence-electron chi connectivity index (χ0n) is 10.4. The van der Waals surface area contributed by atoms with E-state index in [2.05, 4.69) is 16.4 Å². The van der Waals surface area contributed by atoms with Crippen LogP contribution in [-0.2, 0) is 6.42 Å². The quantitative estimate of drug-likeness (QED) is 0.812. The molecule has 2 rings (SSSR count). The number of para-hydroxylation sites is 1. The van der Waals surface area contributed by atoms with Crippen LogP contribution < -0.4 is 5.32 Å². The second-order valence-electron chi connectivity index (χ2n) is 4.62. The van der Waals surface area contributed by atoms with E-state index in [1.54, 1.807) is 0 Å². The first-order valence-electron chi connectivity index (χ1n) is 6.19. The van der Waals surface area contributed by atoms with Crippen molar-refractivity contribution in [3.63, 3.8) is 0 Å². The fourth-order valence-corrected chi connectivity index (χ4v) is 2.09. The predicted molar refractivity (Wildman–Crippen MR) is 70.3 cm³/mol. The van der Waals surface area contributed by atoms with Crippen LogP contribution in [0.5, 0.6) is 0 Å². The van der Waals surface area contributed by atoms with Crippen molar-refractivity contribution in [2.75, 3.05) is 13.2 Å². The molecule has 0 amide bonds. The van der Waals surface area contributed by atoms with Gasteiger partial charge in [0.1, 0.15) is 12.8 Å². The van der Waals surface area contributed by atoms with Crippen LogP contribution in [0.15, 0.2) is 30.5 Å². The van der Waals surface area contributed by atoms with Crippen LogP contribution in [0.1, 0.15) is 12.5 Å². The van der Waals surface area contributed by atoms with Crippen LogP contribution in [0.3, 0.4) is 0 Å². The number of nitrogens with one attached hydrogen (secondary N) is 2. The molecule has 0 saturated heterocycles. The Balaban J connectivity index is 1.96. The summed E-state index contributed by atoms with van der Waals surface area (Å²) in [6, 6.07) is 8.19. The van der Waals surface area contributed by atoms with E-state index in [0.29, 0.717) is 0 Å². The van der Waals surface area contributed by atoms with Crippen LogP contribution >= 0.6 is 0 Å². The lowest BCUT2D eigenvalue weighted by molar-refractivity contribution is 0.247. The number of alkyl halides is 2. The standard InChI is InChI=1S/C14H18F2N2/c1-10(17-9-12(16)7-15)6-11-8-18-14-5-3-2-4-13(11)14/h2-5,8,10,12,17-18H,6-7,9H2,1H3. The number of aromatic nitrogens is 1. The summed E-state index contributed by atoms with van der Waals surface area (Å²) in [7, 11) is 0. The number of H-pyrrole nitrogens is 1. The van der Waals surface area contributed by atoms with Crippen molar-refractivity contribution in [1.29, 1.82) is 0 Å². The van der Waals surface area contributed by atoms with Gasteiger partial charge in [0, 0.05) is 29.7 Å². The van der Waals surface area contributed by atoms with E-state index in [-0.39, 0.29) is 12.6 Å². The topological polar surface area (TPSA) is 27.8 Å². The van der Waals surface area contributed by atoms with Crippen molar-refractivity contribution in [3.05, 3.63) is 36.0 Å². The molecule has 1 aromatic carbocycles. The van der Waals surface area contributed by atoms with E-state index in [9.17, 15) is 8.78 Å². The van der Waals surface area contributed by atoms with Crippen molar-refractivity contribution in [2.24, 2.45) is 0 Å². The third-order valence-electron chi connectivity index (χ3n) is 3.06. The summed E-state index contributed by atoms with van der Waals surface area (Å²) in [4.78, 5) is 3.21. The van der Waals surface area contributed by atoms with E-state index in [1.165, 1.54) is 10.9 Å². The summed E-state index contributed by atoms with van der Waals surface area (Å²) in [5.74, 6) is 0. The molecule has 4 heteroatoms. The van der Waals surface area contributed by atoms with Gasteiger partial charge in [-0.05, 0) is 25.0 Å². The Kier molecular flexibility index (Phi) is 4.31. The molecule has 0 radical (unpaired) electrons. The Morgan fingerprint density at radius 2 is 2.11 bits per heavy atom. The molecule has 0 aliphatic carbocycles. The molecule has 2 atom stereocenters.